The van der Waals surface area contributed by atoms with Crippen LogP contribution in [0.3, 0.4) is 0 Å². The maximum Gasteiger partial charge on any atom is 0.0586 e. The van der Waals surface area contributed by atoms with Gasteiger partial charge in [0, 0.05) is 25.7 Å². The molecule has 0 aromatic heterocycles. The van der Waals surface area contributed by atoms with Gasteiger partial charge in [0.2, 0.25) is 0 Å². The molecule has 3 unspecified atom stereocenters. The first kappa shape index (κ1) is 11.9. The molecule has 0 amide bonds. The molecule has 0 spiro atoms. The van der Waals surface area contributed by atoms with E-state index in [1.807, 2.05) is 7.11 Å². The van der Waals surface area contributed by atoms with Crippen LogP contribution in [0.15, 0.2) is 0 Å². The fourth-order valence-electron chi connectivity index (χ4n) is 3.44. The highest BCUT2D eigenvalue weighted by molar-refractivity contribution is 4.89. The van der Waals surface area contributed by atoms with Gasteiger partial charge in [-0.1, -0.05) is 0 Å². The van der Waals surface area contributed by atoms with Crippen LogP contribution in [0.4, 0.5) is 0 Å². The molecule has 2 saturated carbocycles. The number of hydrogen-bond acceptors (Lipinski definition) is 3. The van der Waals surface area contributed by atoms with Gasteiger partial charge in [0.05, 0.1) is 6.10 Å². The number of methoxy groups -OCH3 is 1. The Morgan fingerprint density at radius 3 is 2.76 bits per heavy atom. The molecule has 98 valence electrons. The minimum absolute atomic E-state index is 0.531. The van der Waals surface area contributed by atoms with Gasteiger partial charge in [0.25, 0.3) is 0 Å². The molecule has 1 N–H and O–H groups in total. The Labute approximate surface area is 105 Å². The normalized spacial score (nSPS) is 39.0. The lowest BCUT2D eigenvalue weighted by Crippen LogP contribution is -2.33. The van der Waals surface area contributed by atoms with E-state index in [1.54, 1.807) is 0 Å². The smallest absolute Gasteiger partial charge is 0.0586 e. The van der Waals surface area contributed by atoms with Crippen LogP contribution < -0.4 is 5.32 Å². The minimum atomic E-state index is 0.531. The first-order chi connectivity index (χ1) is 8.35. The topological polar surface area (TPSA) is 24.5 Å². The van der Waals surface area contributed by atoms with Gasteiger partial charge in [-0.25, -0.2) is 0 Å². The number of ether oxygens (including phenoxy) is 1. The lowest BCUT2D eigenvalue weighted by molar-refractivity contribution is 0.0992. The molecule has 0 radical (unpaired) electrons. The summed E-state index contributed by atoms with van der Waals surface area (Å²) in [6.07, 6.45) is 8.63. The second-order valence-electron chi connectivity index (χ2n) is 6.16. The van der Waals surface area contributed by atoms with Crippen LogP contribution in [-0.4, -0.2) is 49.8 Å². The summed E-state index contributed by atoms with van der Waals surface area (Å²) in [4.78, 5) is 2.72. The van der Waals surface area contributed by atoms with Crippen molar-refractivity contribution in [1.29, 1.82) is 0 Å². The van der Waals surface area contributed by atoms with Crippen LogP contribution in [0, 0.1) is 5.92 Å². The fourth-order valence-corrected chi connectivity index (χ4v) is 3.44. The van der Waals surface area contributed by atoms with E-state index in [1.165, 1.54) is 58.2 Å². The maximum atomic E-state index is 5.48. The van der Waals surface area contributed by atoms with Crippen LogP contribution in [0.1, 0.15) is 38.5 Å². The van der Waals surface area contributed by atoms with Gasteiger partial charge in [-0.15, -0.1) is 0 Å². The molecule has 0 bridgehead atoms. The van der Waals surface area contributed by atoms with Crippen molar-refractivity contribution in [3.63, 3.8) is 0 Å². The molecule has 0 aromatic rings. The lowest BCUT2D eigenvalue weighted by atomic mass is 10.1. The number of rotatable bonds is 5. The van der Waals surface area contributed by atoms with Gasteiger partial charge in [0.1, 0.15) is 0 Å². The summed E-state index contributed by atoms with van der Waals surface area (Å²) in [6, 6.07) is 1.68. The number of nitrogens with zero attached hydrogens (tertiary/aromatic N) is 1. The Morgan fingerprint density at radius 2 is 2.06 bits per heavy atom. The van der Waals surface area contributed by atoms with Crippen molar-refractivity contribution in [2.45, 2.75) is 56.7 Å². The Bertz CT molecular complexity index is 255. The maximum absolute atomic E-state index is 5.48. The van der Waals surface area contributed by atoms with Crippen molar-refractivity contribution < 1.29 is 4.74 Å². The van der Waals surface area contributed by atoms with E-state index in [0.717, 1.165) is 18.0 Å². The van der Waals surface area contributed by atoms with Gasteiger partial charge in [0.15, 0.2) is 0 Å². The highest BCUT2D eigenvalue weighted by Gasteiger charge is 2.34. The molecule has 1 aliphatic heterocycles. The molecule has 17 heavy (non-hydrogen) atoms. The predicted molar refractivity (Wildman–Crippen MR) is 69.1 cm³/mol. The van der Waals surface area contributed by atoms with Crippen molar-refractivity contribution in [3.05, 3.63) is 0 Å². The molecule has 2 aliphatic carbocycles. The number of likely N-dealkylation sites (tertiary alicyclic amines) is 1. The molecule has 3 atom stereocenters. The van der Waals surface area contributed by atoms with E-state index in [-0.39, 0.29) is 0 Å². The molecule has 3 rings (SSSR count). The Morgan fingerprint density at radius 1 is 1.18 bits per heavy atom. The molecular formula is C14H26N2O. The minimum Gasteiger partial charge on any atom is -0.381 e. The highest BCUT2D eigenvalue weighted by atomic mass is 16.5. The third-order valence-electron chi connectivity index (χ3n) is 4.80. The lowest BCUT2D eigenvalue weighted by Gasteiger charge is -2.24. The van der Waals surface area contributed by atoms with E-state index in [9.17, 15) is 0 Å². The van der Waals surface area contributed by atoms with Gasteiger partial charge < -0.3 is 10.1 Å². The van der Waals surface area contributed by atoms with Crippen LogP contribution >= 0.6 is 0 Å². The second kappa shape index (κ2) is 5.25. The average Bonchev–Trinajstić information content (AvgIpc) is 2.89. The number of nitrogens with one attached hydrogen (secondary N) is 1. The molecule has 1 saturated heterocycles. The van der Waals surface area contributed by atoms with Crippen molar-refractivity contribution in [3.8, 4) is 0 Å². The van der Waals surface area contributed by atoms with E-state index in [2.05, 4.69) is 10.2 Å². The first-order valence-corrected chi connectivity index (χ1v) is 7.35. The molecule has 0 aromatic carbocycles. The van der Waals surface area contributed by atoms with Crippen LogP contribution in [0.2, 0.25) is 0 Å². The Balaban J connectivity index is 1.40. The van der Waals surface area contributed by atoms with Crippen LogP contribution in [0.25, 0.3) is 0 Å². The fraction of sp³-hybridized carbons (Fsp3) is 1.00. The monoisotopic (exact) mass is 238 g/mol. The van der Waals surface area contributed by atoms with Crippen molar-refractivity contribution in [1.82, 2.24) is 10.2 Å². The first-order valence-electron chi connectivity index (χ1n) is 7.35. The molecule has 3 aliphatic rings. The molecular weight excluding hydrogens is 212 g/mol. The summed E-state index contributed by atoms with van der Waals surface area (Å²) in [7, 11) is 1.86. The van der Waals surface area contributed by atoms with E-state index in [4.69, 9.17) is 4.74 Å². The molecule has 3 nitrogen and oxygen atoms in total. The zero-order valence-electron chi connectivity index (χ0n) is 11.0. The van der Waals surface area contributed by atoms with Gasteiger partial charge in [-0.05, 0) is 57.5 Å². The largest absolute Gasteiger partial charge is 0.381 e. The predicted octanol–water partition coefficient (Wildman–Crippen LogP) is 1.63. The van der Waals surface area contributed by atoms with E-state index in [0.29, 0.717) is 6.10 Å². The SMILES string of the molecule is COC1CCC(N2CCC(CNC3CC3)C2)C1. The summed E-state index contributed by atoms with van der Waals surface area (Å²) in [5.41, 5.74) is 0. The summed E-state index contributed by atoms with van der Waals surface area (Å²) in [6.45, 7) is 3.89. The average molecular weight is 238 g/mol. The number of hydrogen-bond donors (Lipinski definition) is 1. The Hall–Kier alpha value is -0.120. The molecule has 3 fully saturated rings. The summed E-state index contributed by atoms with van der Waals surface area (Å²) in [5.74, 6) is 0.900. The van der Waals surface area contributed by atoms with Crippen molar-refractivity contribution in [2.75, 3.05) is 26.7 Å². The summed E-state index contributed by atoms with van der Waals surface area (Å²) in [5, 5.41) is 3.68. The Kier molecular flexibility index (Phi) is 3.69. The van der Waals surface area contributed by atoms with E-state index < -0.39 is 0 Å². The van der Waals surface area contributed by atoms with Gasteiger partial charge >= 0.3 is 0 Å². The van der Waals surface area contributed by atoms with Gasteiger partial charge in [-0.3, -0.25) is 4.90 Å². The quantitative estimate of drug-likeness (QED) is 0.788. The molecule has 1 heterocycles. The van der Waals surface area contributed by atoms with Crippen molar-refractivity contribution in [2.24, 2.45) is 5.92 Å². The standard InChI is InChI=1S/C14H26N2O/c1-17-14-5-4-13(8-14)16-7-6-11(10-16)9-15-12-2-3-12/h11-15H,2-10H2,1H3. The zero-order valence-corrected chi connectivity index (χ0v) is 11.0. The highest BCUT2D eigenvalue weighted by Crippen LogP contribution is 2.30. The van der Waals surface area contributed by atoms with Crippen LogP contribution in [-0.2, 0) is 4.74 Å². The summed E-state index contributed by atoms with van der Waals surface area (Å²) >= 11 is 0. The van der Waals surface area contributed by atoms with Gasteiger partial charge in [-0.2, -0.15) is 0 Å². The van der Waals surface area contributed by atoms with Crippen molar-refractivity contribution >= 4 is 0 Å². The van der Waals surface area contributed by atoms with Crippen LogP contribution in [0.5, 0.6) is 0 Å². The summed E-state index contributed by atoms with van der Waals surface area (Å²) < 4.78 is 5.48. The third kappa shape index (κ3) is 3.01. The zero-order chi connectivity index (χ0) is 11.7. The second-order valence-corrected chi connectivity index (χ2v) is 6.16. The van der Waals surface area contributed by atoms with E-state index >= 15 is 0 Å². The third-order valence-corrected chi connectivity index (χ3v) is 4.80. The molecule has 3 heteroatoms.